The van der Waals surface area contributed by atoms with Crippen molar-refractivity contribution in [3.8, 4) is 0 Å². The normalized spacial score (nSPS) is 17.0. The lowest BCUT2D eigenvalue weighted by Gasteiger charge is -2.32. The van der Waals surface area contributed by atoms with Gasteiger partial charge in [0.15, 0.2) is 0 Å². The van der Waals surface area contributed by atoms with Crippen LogP contribution in [0.15, 0.2) is 36.7 Å². The largest absolute Gasteiger partial charge is 0.352 e. The number of amides is 2. The number of piperidine rings is 1. The van der Waals surface area contributed by atoms with Crippen molar-refractivity contribution in [1.82, 2.24) is 19.8 Å². The zero-order chi connectivity index (χ0) is 19.2. The van der Waals surface area contributed by atoms with Crippen molar-refractivity contribution in [2.45, 2.75) is 45.6 Å². The maximum atomic E-state index is 12.6. The van der Waals surface area contributed by atoms with Crippen LogP contribution >= 0.6 is 0 Å². The number of rotatable bonds is 6. The Morgan fingerprint density at radius 2 is 2.04 bits per heavy atom. The number of benzene rings is 1. The first-order chi connectivity index (χ1) is 13.1. The minimum absolute atomic E-state index is 0.0958. The number of likely N-dealkylation sites (tertiary alicyclic amines) is 1. The third-order valence-corrected chi connectivity index (χ3v) is 5.17. The number of aromatic nitrogens is 2. The molecule has 2 amide bonds. The minimum atomic E-state index is -0.135. The van der Waals surface area contributed by atoms with E-state index in [1.54, 1.807) is 12.1 Å². The van der Waals surface area contributed by atoms with Crippen LogP contribution in [-0.4, -0.2) is 45.9 Å². The predicted octanol–water partition coefficient (Wildman–Crippen LogP) is 2.74. The van der Waals surface area contributed by atoms with Gasteiger partial charge in [-0.05, 0) is 38.8 Å². The van der Waals surface area contributed by atoms with E-state index >= 15 is 0 Å². The van der Waals surface area contributed by atoms with Crippen molar-refractivity contribution in [1.29, 1.82) is 0 Å². The summed E-state index contributed by atoms with van der Waals surface area (Å²) in [6, 6.07) is 7.43. The Morgan fingerprint density at radius 3 is 2.78 bits per heavy atom. The van der Waals surface area contributed by atoms with Gasteiger partial charge >= 0.3 is 0 Å². The summed E-state index contributed by atoms with van der Waals surface area (Å²) in [5.74, 6) is 1.32. The summed E-state index contributed by atoms with van der Waals surface area (Å²) in [5, 5.41) is 2.84. The third-order valence-electron chi connectivity index (χ3n) is 5.17. The van der Waals surface area contributed by atoms with E-state index in [0.29, 0.717) is 31.0 Å². The van der Waals surface area contributed by atoms with Gasteiger partial charge in [0.1, 0.15) is 5.82 Å². The standard InChI is InChI=1S/C21H28N4O2/c1-3-24-14-12-22-20(24)18-5-4-13-25(15-18)19(26)10-11-23-21(27)17-8-6-16(2)7-9-17/h6-9,12,14,18H,3-5,10-11,13,15H2,1-2H3,(H,23,27)/t18-/m0/s1. The van der Waals surface area contributed by atoms with Crippen molar-refractivity contribution < 1.29 is 9.59 Å². The number of nitrogens with one attached hydrogen (secondary N) is 1. The number of carbonyl (C=O) groups excluding carboxylic acids is 2. The van der Waals surface area contributed by atoms with Gasteiger partial charge in [-0.3, -0.25) is 9.59 Å². The molecule has 1 aliphatic rings. The second kappa shape index (κ2) is 8.84. The van der Waals surface area contributed by atoms with Gasteiger partial charge in [0.25, 0.3) is 5.91 Å². The zero-order valence-corrected chi connectivity index (χ0v) is 16.1. The molecule has 6 nitrogen and oxygen atoms in total. The van der Waals surface area contributed by atoms with E-state index in [-0.39, 0.29) is 11.8 Å². The molecule has 144 valence electrons. The molecule has 1 fully saturated rings. The number of nitrogens with zero attached hydrogens (tertiary/aromatic N) is 3. The van der Waals surface area contributed by atoms with Crippen LogP contribution in [0.25, 0.3) is 0 Å². The number of imidazole rings is 1. The molecule has 27 heavy (non-hydrogen) atoms. The Bertz CT molecular complexity index is 782. The first kappa shape index (κ1) is 19.1. The van der Waals surface area contributed by atoms with Gasteiger partial charge in [0.2, 0.25) is 5.91 Å². The molecule has 0 bridgehead atoms. The summed E-state index contributed by atoms with van der Waals surface area (Å²) in [6.45, 7) is 6.84. The van der Waals surface area contributed by atoms with Crippen molar-refractivity contribution in [2.24, 2.45) is 0 Å². The topological polar surface area (TPSA) is 67.2 Å². The highest BCUT2D eigenvalue weighted by atomic mass is 16.2. The van der Waals surface area contributed by atoms with Gasteiger partial charge in [0.05, 0.1) is 0 Å². The molecule has 0 radical (unpaired) electrons. The fourth-order valence-corrected chi connectivity index (χ4v) is 3.61. The van der Waals surface area contributed by atoms with E-state index in [4.69, 9.17) is 0 Å². The van der Waals surface area contributed by atoms with Crippen LogP contribution < -0.4 is 5.32 Å². The summed E-state index contributed by atoms with van der Waals surface area (Å²) in [5.41, 5.74) is 1.74. The van der Waals surface area contributed by atoms with Crippen molar-refractivity contribution in [3.05, 3.63) is 53.6 Å². The molecular weight excluding hydrogens is 340 g/mol. The van der Waals surface area contributed by atoms with Gasteiger partial charge in [0, 0.05) is 56.5 Å². The molecule has 2 heterocycles. The quantitative estimate of drug-likeness (QED) is 0.852. The van der Waals surface area contributed by atoms with E-state index in [0.717, 1.165) is 37.3 Å². The molecule has 1 aliphatic heterocycles. The Balaban J connectivity index is 1.49. The Hall–Kier alpha value is -2.63. The second-order valence-electron chi connectivity index (χ2n) is 7.12. The SMILES string of the molecule is CCn1ccnc1[C@H]1CCCN(C(=O)CCNC(=O)c2ccc(C)cc2)C1. The van der Waals surface area contributed by atoms with Crippen LogP contribution in [0.2, 0.25) is 0 Å². The summed E-state index contributed by atoms with van der Waals surface area (Å²) in [7, 11) is 0. The first-order valence-corrected chi connectivity index (χ1v) is 9.72. The van der Waals surface area contributed by atoms with Crippen LogP contribution in [-0.2, 0) is 11.3 Å². The molecule has 0 aliphatic carbocycles. The highest BCUT2D eigenvalue weighted by Gasteiger charge is 2.27. The molecule has 0 saturated carbocycles. The van der Waals surface area contributed by atoms with E-state index in [9.17, 15) is 9.59 Å². The molecule has 2 aromatic rings. The molecular formula is C21H28N4O2. The molecule has 0 unspecified atom stereocenters. The van der Waals surface area contributed by atoms with Crippen LogP contribution in [0.5, 0.6) is 0 Å². The number of hydrogen-bond donors (Lipinski definition) is 1. The lowest BCUT2D eigenvalue weighted by atomic mass is 9.97. The predicted molar refractivity (Wildman–Crippen MR) is 105 cm³/mol. The monoisotopic (exact) mass is 368 g/mol. The molecule has 1 aromatic heterocycles. The van der Waals surface area contributed by atoms with Crippen molar-refractivity contribution >= 4 is 11.8 Å². The van der Waals surface area contributed by atoms with Gasteiger partial charge in [-0.25, -0.2) is 4.98 Å². The fourth-order valence-electron chi connectivity index (χ4n) is 3.61. The Labute approximate surface area is 160 Å². The molecule has 1 N–H and O–H groups in total. The number of hydrogen-bond acceptors (Lipinski definition) is 3. The highest BCUT2D eigenvalue weighted by molar-refractivity contribution is 5.94. The third kappa shape index (κ3) is 4.76. The van der Waals surface area contributed by atoms with Crippen LogP contribution in [0.3, 0.4) is 0 Å². The number of aryl methyl sites for hydroxylation is 2. The van der Waals surface area contributed by atoms with Gasteiger partial charge in [-0.15, -0.1) is 0 Å². The Morgan fingerprint density at radius 1 is 1.26 bits per heavy atom. The molecule has 0 spiro atoms. The fraction of sp³-hybridized carbons (Fsp3) is 0.476. The highest BCUT2D eigenvalue weighted by Crippen LogP contribution is 2.26. The van der Waals surface area contributed by atoms with E-state index in [1.165, 1.54) is 0 Å². The smallest absolute Gasteiger partial charge is 0.251 e. The molecule has 1 aromatic carbocycles. The van der Waals surface area contributed by atoms with Crippen LogP contribution in [0.1, 0.15) is 53.8 Å². The number of carbonyl (C=O) groups is 2. The second-order valence-corrected chi connectivity index (χ2v) is 7.12. The average molecular weight is 368 g/mol. The minimum Gasteiger partial charge on any atom is -0.352 e. The van der Waals surface area contributed by atoms with E-state index < -0.39 is 0 Å². The maximum Gasteiger partial charge on any atom is 0.251 e. The molecule has 1 saturated heterocycles. The van der Waals surface area contributed by atoms with Crippen LogP contribution in [0.4, 0.5) is 0 Å². The van der Waals surface area contributed by atoms with Gasteiger partial charge < -0.3 is 14.8 Å². The summed E-state index contributed by atoms with van der Waals surface area (Å²) < 4.78 is 2.15. The van der Waals surface area contributed by atoms with Gasteiger partial charge in [-0.2, -0.15) is 0 Å². The molecule has 1 atom stereocenters. The van der Waals surface area contributed by atoms with E-state index in [2.05, 4.69) is 21.8 Å². The Kier molecular flexibility index (Phi) is 6.27. The van der Waals surface area contributed by atoms with Crippen molar-refractivity contribution in [2.75, 3.05) is 19.6 Å². The summed E-state index contributed by atoms with van der Waals surface area (Å²) in [6.07, 6.45) is 6.21. The van der Waals surface area contributed by atoms with Crippen LogP contribution in [0, 0.1) is 6.92 Å². The lowest BCUT2D eigenvalue weighted by Crippen LogP contribution is -2.41. The lowest BCUT2D eigenvalue weighted by molar-refractivity contribution is -0.132. The zero-order valence-electron chi connectivity index (χ0n) is 16.1. The van der Waals surface area contributed by atoms with Crippen molar-refractivity contribution in [3.63, 3.8) is 0 Å². The summed E-state index contributed by atoms with van der Waals surface area (Å²) in [4.78, 5) is 31.1. The summed E-state index contributed by atoms with van der Waals surface area (Å²) >= 11 is 0. The van der Waals surface area contributed by atoms with E-state index in [1.807, 2.05) is 36.4 Å². The average Bonchev–Trinajstić information content (AvgIpc) is 3.17. The maximum absolute atomic E-state index is 12.6. The van der Waals surface area contributed by atoms with Gasteiger partial charge in [-0.1, -0.05) is 17.7 Å². The molecule has 3 rings (SSSR count). The molecule has 6 heteroatoms. The first-order valence-electron chi connectivity index (χ1n) is 9.72.